The second-order valence-corrected chi connectivity index (χ2v) is 13.3. The molecule has 0 aromatic rings. The Bertz CT molecular complexity index is 926. The highest BCUT2D eigenvalue weighted by Gasteiger charge is 2.16. The fourth-order valence-electron chi connectivity index (χ4n) is 5.38. The van der Waals surface area contributed by atoms with Gasteiger partial charge in [0, 0.05) is 12.8 Å². The minimum absolute atomic E-state index is 0.0756. The zero-order valence-corrected chi connectivity index (χ0v) is 32.4. The monoisotopic (exact) mass is 697 g/mol. The lowest BCUT2D eigenvalue weighted by Gasteiger charge is -2.15. The van der Waals surface area contributed by atoms with E-state index in [1.54, 1.807) is 0 Å². The van der Waals surface area contributed by atoms with E-state index < -0.39 is 6.10 Å². The van der Waals surface area contributed by atoms with Gasteiger partial charge in [-0.05, 0) is 77.0 Å². The molecule has 0 aliphatic heterocycles. The number of carbonyl (C=O) groups is 2. The molecule has 286 valence electrons. The molecule has 0 aliphatic carbocycles. The molecular formula is C45H76O5. The van der Waals surface area contributed by atoms with Gasteiger partial charge in [0.2, 0.25) is 0 Å². The Morgan fingerprint density at radius 1 is 0.480 bits per heavy atom. The van der Waals surface area contributed by atoms with Crippen LogP contribution in [-0.4, -0.2) is 36.4 Å². The van der Waals surface area contributed by atoms with Gasteiger partial charge < -0.3 is 14.6 Å². The number of hydrogen-bond donors (Lipinski definition) is 1. The molecule has 0 fully saturated rings. The van der Waals surface area contributed by atoms with Crippen molar-refractivity contribution in [3.63, 3.8) is 0 Å². The van der Waals surface area contributed by atoms with Gasteiger partial charge >= 0.3 is 11.9 Å². The van der Waals surface area contributed by atoms with E-state index in [2.05, 4.69) is 86.8 Å². The zero-order chi connectivity index (χ0) is 36.4. The molecule has 5 heteroatoms. The Kier molecular flexibility index (Phi) is 38.6. The highest BCUT2D eigenvalue weighted by atomic mass is 16.6. The van der Waals surface area contributed by atoms with Crippen LogP contribution < -0.4 is 0 Å². The first kappa shape index (κ1) is 47.3. The van der Waals surface area contributed by atoms with Crippen molar-refractivity contribution in [2.75, 3.05) is 13.2 Å². The highest BCUT2D eigenvalue weighted by Crippen LogP contribution is 2.13. The van der Waals surface area contributed by atoms with Crippen molar-refractivity contribution >= 4 is 11.9 Å². The minimum atomic E-state index is -0.780. The van der Waals surface area contributed by atoms with Crippen LogP contribution in [0, 0.1) is 0 Å². The summed E-state index contributed by atoms with van der Waals surface area (Å²) in [4.78, 5) is 24.2. The molecule has 0 aromatic carbocycles. The van der Waals surface area contributed by atoms with Gasteiger partial charge in [0.25, 0.3) is 0 Å². The van der Waals surface area contributed by atoms with Crippen molar-refractivity contribution in [3.05, 3.63) is 72.9 Å². The second kappa shape index (κ2) is 40.8. The number of hydrogen-bond acceptors (Lipinski definition) is 5. The third-order valence-corrected chi connectivity index (χ3v) is 8.48. The molecular weight excluding hydrogens is 620 g/mol. The summed E-state index contributed by atoms with van der Waals surface area (Å²) >= 11 is 0. The number of esters is 2. The van der Waals surface area contributed by atoms with Gasteiger partial charge in [-0.15, -0.1) is 0 Å². The molecule has 0 amide bonds. The van der Waals surface area contributed by atoms with Crippen LogP contribution >= 0.6 is 0 Å². The van der Waals surface area contributed by atoms with Crippen LogP contribution in [0.25, 0.3) is 0 Å². The molecule has 1 atom stereocenters. The predicted molar refractivity (Wildman–Crippen MR) is 214 cm³/mol. The zero-order valence-electron chi connectivity index (χ0n) is 32.4. The van der Waals surface area contributed by atoms with E-state index in [9.17, 15) is 14.7 Å². The van der Waals surface area contributed by atoms with Crippen LogP contribution in [0.3, 0.4) is 0 Å². The van der Waals surface area contributed by atoms with Gasteiger partial charge in [-0.2, -0.15) is 0 Å². The highest BCUT2D eigenvalue weighted by molar-refractivity contribution is 5.70. The van der Waals surface area contributed by atoms with E-state index in [1.807, 2.05) is 0 Å². The molecule has 0 aliphatic rings. The molecule has 0 aromatic heterocycles. The van der Waals surface area contributed by atoms with E-state index in [0.717, 1.165) is 77.0 Å². The molecule has 0 bridgehead atoms. The Hall–Kier alpha value is -2.66. The standard InChI is InChI=1S/C45H76O5/c1-3-5-7-9-11-13-15-16-17-18-19-20-21-22-23-24-25-26-27-28-30-32-34-36-38-40-45(48)50-43(41-46)42-49-44(47)39-37-35-33-31-29-14-12-10-8-6-4-2/h5,7,10-13,16-17,19-20,22-23,43,46H,3-4,6,8-9,14-15,18,21,24-42H2,1-2H3/b7-5-,12-10-,13-11-,17-16-,20-19-,23-22-. The number of aliphatic hydroxyl groups excluding tert-OH is 1. The Morgan fingerprint density at radius 3 is 1.32 bits per heavy atom. The lowest BCUT2D eigenvalue weighted by molar-refractivity contribution is -0.161. The molecule has 50 heavy (non-hydrogen) atoms. The van der Waals surface area contributed by atoms with Crippen molar-refractivity contribution in [1.29, 1.82) is 0 Å². The second-order valence-electron chi connectivity index (χ2n) is 13.3. The van der Waals surface area contributed by atoms with Gasteiger partial charge in [-0.1, -0.05) is 164 Å². The van der Waals surface area contributed by atoms with Gasteiger partial charge in [0.15, 0.2) is 6.10 Å². The largest absolute Gasteiger partial charge is 0.462 e. The molecule has 0 spiro atoms. The Labute approximate surface area is 308 Å². The van der Waals surface area contributed by atoms with E-state index in [4.69, 9.17) is 9.47 Å². The summed E-state index contributed by atoms with van der Waals surface area (Å²) < 4.78 is 10.6. The maximum absolute atomic E-state index is 12.2. The fourth-order valence-corrected chi connectivity index (χ4v) is 5.38. The number of aliphatic hydroxyl groups is 1. The van der Waals surface area contributed by atoms with E-state index in [1.165, 1.54) is 77.0 Å². The van der Waals surface area contributed by atoms with Gasteiger partial charge in [0.05, 0.1) is 6.61 Å². The summed E-state index contributed by atoms with van der Waals surface area (Å²) in [7, 11) is 0. The first-order valence-electron chi connectivity index (χ1n) is 20.5. The number of rotatable bonds is 36. The van der Waals surface area contributed by atoms with Crippen molar-refractivity contribution in [2.24, 2.45) is 0 Å². The number of allylic oxidation sites excluding steroid dienone is 12. The van der Waals surface area contributed by atoms with Gasteiger partial charge in [-0.25, -0.2) is 0 Å². The maximum atomic E-state index is 12.2. The third kappa shape index (κ3) is 38.1. The topological polar surface area (TPSA) is 72.8 Å². The van der Waals surface area contributed by atoms with Crippen molar-refractivity contribution in [1.82, 2.24) is 0 Å². The molecule has 5 nitrogen and oxygen atoms in total. The number of ether oxygens (including phenoxy) is 2. The third-order valence-electron chi connectivity index (χ3n) is 8.48. The average molecular weight is 697 g/mol. The van der Waals surface area contributed by atoms with E-state index in [0.29, 0.717) is 12.8 Å². The van der Waals surface area contributed by atoms with Crippen LogP contribution in [0.15, 0.2) is 72.9 Å². The van der Waals surface area contributed by atoms with Crippen molar-refractivity contribution < 1.29 is 24.2 Å². The first-order valence-corrected chi connectivity index (χ1v) is 20.5. The summed E-state index contributed by atoms with van der Waals surface area (Å²) in [5.41, 5.74) is 0. The minimum Gasteiger partial charge on any atom is -0.462 e. The van der Waals surface area contributed by atoms with Crippen LogP contribution in [0.1, 0.15) is 181 Å². The molecule has 1 unspecified atom stereocenters. The number of carbonyl (C=O) groups excluding carboxylic acids is 2. The van der Waals surface area contributed by atoms with Crippen LogP contribution in [-0.2, 0) is 19.1 Å². The lowest BCUT2D eigenvalue weighted by Crippen LogP contribution is -2.28. The van der Waals surface area contributed by atoms with Crippen LogP contribution in [0.2, 0.25) is 0 Å². The summed E-state index contributed by atoms with van der Waals surface area (Å²) in [6, 6.07) is 0. The maximum Gasteiger partial charge on any atom is 0.306 e. The lowest BCUT2D eigenvalue weighted by atomic mass is 10.1. The molecule has 1 N–H and O–H groups in total. The Morgan fingerprint density at radius 2 is 0.860 bits per heavy atom. The van der Waals surface area contributed by atoms with E-state index >= 15 is 0 Å². The molecule has 0 rings (SSSR count). The smallest absolute Gasteiger partial charge is 0.306 e. The predicted octanol–water partition coefficient (Wildman–Crippen LogP) is 13.0. The molecule has 0 saturated heterocycles. The first-order chi connectivity index (χ1) is 24.6. The summed E-state index contributed by atoms with van der Waals surface area (Å²) in [6.45, 7) is 3.96. The number of unbranched alkanes of at least 4 members (excludes halogenated alkanes) is 16. The van der Waals surface area contributed by atoms with Crippen LogP contribution in [0.4, 0.5) is 0 Å². The SMILES string of the molecule is CC/C=C\C/C=C\C/C=C\C/C=C\C/C=C\CCCCCCCCCCCC(=O)OC(CO)COC(=O)CCCCCCC/C=C\CCCC. The fraction of sp³-hybridized carbons (Fsp3) is 0.689. The van der Waals surface area contributed by atoms with Gasteiger partial charge in [-0.3, -0.25) is 9.59 Å². The summed E-state index contributed by atoms with van der Waals surface area (Å²) in [5.74, 6) is -0.614. The van der Waals surface area contributed by atoms with Crippen molar-refractivity contribution in [3.8, 4) is 0 Å². The summed E-state index contributed by atoms with van der Waals surface area (Å²) in [6.07, 6.45) is 54.0. The average Bonchev–Trinajstić information content (AvgIpc) is 3.12. The quantitative estimate of drug-likeness (QED) is 0.0401. The molecule has 0 heterocycles. The summed E-state index contributed by atoms with van der Waals surface area (Å²) in [5, 5.41) is 9.55. The van der Waals surface area contributed by atoms with Crippen LogP contribution in [0.5, 0.6) is 0 Å². The molecule has 0 saturated carbocycles. The van der Waals surface area contributed by atoms with Gasteiger partial charge in [0.1, 0.15) is 6.61 Å². The van der Waals surface area contributed by atoms with Crippen molar-refractivity contribution in [2.45, 2.75) is 187 Å². The van der Waals surface area contributed by atoms with E-state index in [-0.39, 0.29) is 25.2 Å². The Balaban J connectivity index is 3.58. The normalized spacial score (nSPS) is 12.9. The molecule has 0 radical (unpaired) electrons.